The highest BCUT2D eigenvalue weighted by molar-refractivity contribution is 5.95. The molecule has 2 rings (SSSR count). The van der Waals surface area contributed by atoms with Crippen molar-refractivity contribution >= 4 is 11.5 Å². The van der Waals surface area contributed by atoms with Gasteiger partial charge >= 0.3 is 0 Å². The van der Waals surface area contributed by atoms with E-state index in [0.29, 0.717) is 5.56 Å². The molecule has 1 aromatic carbocycles. The lowest BCUT2D eigenvalue weighted by molar-refractivity contribution is -0.737. The van der Waals surface area contributed by atoms with Crippen LogP contribution in [-0.4, -0.2) is 26.0 Å². The molecule has 2 aromatic rings. The van der Waals surface area contributed by atoms with E-state index < -0.39 is 0 Å². The van der Waals surface area contributed by atoms with Crippen molar-refractivity contribution in [1.29, 1.82) is 0 Å². The van der Waals surface area contributed by atoms with Gasteiger partial charge in [-0.15, -0.1) is 4.68 Å². The number of carbonyl (C=O) groups excluding carboxylic acids is 1. The monoisotopic (exact) mass is 259 g/mol. The van der Waals surface area contributed by atoms with E-state index in [9.17, 15) is 9.90 Å². The van der Waals surface area contributed by atoms with Gasteiger partial charge in [0, 0.05) is 18.6 Å². The molecule has 6 heteroatoms. The summed E-state index contributed by atoms with van der Waals surface area (Å²) < 4.78 is 3.06. The standard InChI is InChI=1S/C13H14N4O2/c1-10-16(2)14-15-17(10)9-12(18)8-13(19)11-6-4-3-5-7-11/h3-8H,9H2,1-2H3/p+1. The third-order valence-electron chi connectivity index (χ3n) is 2.80. The van der Waals surface area contributed by atoms with Gasteiger partial charge in [0.25, 0.3) is 5.82 Å². The Bertz CT molecular complexity index is 617. The number of ketones is 1. The molecule has 1 N–H and O–H groups in total. The number of tetrazole rings is 1. The summed E-state index contributed by atoms with van der Waals surface area (Å²) in [6, 6.07) is 8.91. The van der Waals surface area contributed by atoms with E-state index in [1.54, 1.807) is 36.0 Å². The first-order valence-corrected chi connectivity index (χ1v) is 5.83. The van der Waals surface area contributed by atoms with E-state index in [-0.39, 0.29) is 18.1 Å². The quantitative estimate of drug-likeness (QED) is 0.495. The summed E-state index contributed by atoms with van der Waals surface area (Å²) >= 11 is 0. The number of aliphatic hydroxyl groups excluding tert-OH is 1. The van der Waals surface area contributed by atoms with Gasteiger partial charge in [-0.05, 0) is 0 Å². The van der Waals surface area contributed by atoms with Gasteiger partial charge in [0.15, 0.2) is 17.5 Å². The molecule has 0 radical (unpaired) electrons. The predicted octanol–water partition coefficient (Wildman–Crippen LogP) is 0.579. The summed E-state index contributed by atoms with van der Waals surface area (Å²) in [6.07, 6.45) is 1.20. The van der Waals surface area contributed by atoms with Crippen molar-refractivity contribution in [3.05, 3.63) is 47.8 Å². The van der Waals surface area contributed by atoms with Gasteiger partial charge in [-0.2, -0.15) is 0 Å². The Kier molecular flexibility index (Phi) is 3.70. The van der Waals surface area contributed by atoms with Crippen molar-refractivity contribution in [3.63, 3.8) is 0 Å². The van der Waals surface area contributed by atoms with E-state index in [2.05, 4.69) is 10.4 Å². The van der Waals surface area contributed by atoms with Gasteiger partial charge in [0.05, 0.1) is 7.05 Å². The van der Waals surface area contributed by atoms with E-state index in [0.717, 1.165) is 5.82 Å². The number of benzene rings is 1. The van der Waals surface area contributed by atoms with Crippen molar-refractivity contribution in [2.45, 2.75) is 13.5 Å². The first-order valence-electron chi connectivity index (χ1n) is 5.83. The van der Waals surface area contributed by atoms with Crippen LogP contribution in [0.2, 0.25) is 0 Å². The summed E-state index contributed by atoms with van der Waals surface area (Å²) in [5.41, 5.74) is 0.608. The number of aromatic nitrogens is 4. The highest BCUT2D eigenvalue weighted by Crippen LogP contribution is 2.10. The molecule has 1 heterocycles. The minimum Gasteiger partial charge on any atom is -0.507 e. The normalized spacial score (nSPS) is 11.6. The smallest absolute Gasteiger partial charge is 0.254 e. The molecular formula is C13H15N4O2+. The summed E-state index contributed by atoms with van der Waals surface area (Å²) in [7, 11) is 1.75. The summed E-state index contributed by atoms with van der Waals surface area (Å²) in [6.45, 7) is 1.87. The SMILES string of the molecule is Cc1n(CC(=O)/C=C(\O)c2ccccc2)nn[n+]1C. The van der Waals surface area contributed by atoms with E-state index in [1.807, 2.05) is 13.0 Å². The fourth-order valence-electron chi connectivity index (χ4n) is 1.59. The number of rotatable bonds is 4. The lowest BCUT2D eigenvalue weighted by Gasteiger charge is -1.98. The predicted molar refractivity (Wildman–Crippen MR) is 68.0 cm³/mol. The Balaban J connectivity index is 2.11. The van der Waals surface area contributed by atoms with Crippen LogP contribution in [0.3, 0.4) is 0 Å². The maximum atomic E-state index is 11.8. The van der Waals surface area contributed by atoms with Crippen LogP contribution < -0.4 is 4.68 Å². The van der Waals surface area contributed by atoms with Crippen molar-refractivity contribution < 1.29 is 14.6 Å². The Morgan fingerprint density at radius 2 is 2.11 bits per heavy atom. The van der Waals surface area contributed by atoms with E-state index >= 15 is 0 Å². The van der Waals surface area contributed by atoms with Gasteiger partial charge in [0.2, 0.25) is 0 Å². The molecule has 0 bridgehead atoms. The second-order valence-corrected chi connectivity index (χ2v) is 4.17. The summed E-state index contributed by atoms with van der Waals surface area (Å²) in [4.78, 5) is 11.8. The minimum absolute atomic E-state index is 0.0484. The van der Waals surface area contributed by atoms with Crippen LogP contribution in [0.15, 0.2) is 36.4 Å². The first-order chi connectivity index (χ1) is 9.08. The zero-order valence-corrected chi connectivity index (χ0v) is 10.8. The largest absolute Gasteiger partial charge is 0.507 e. The Hall–Kier alpha value is -2.50. The molecule has 19 heavy (non-hydrogen) atoms. The maximum absolute atomic E-state index is 11.8. The van der Waals surface area contributed by atoms with Gasteiger partial charge in [0.1, 0.15) is 11.0 Å². The minimum atomic E-state index is -0.241. The lowest BCUT2D eigenvalue weighted by atomic mass is 10.1. The molecule has 1 aromatic heterocycles. The number of hydrogen-bond donors (Lipinski definition) is 1. The van der Waals surface area contributed by atoms with Crippen molar-refractivity contribution in [1.82, 2.24) is 15.1 Å². The highest BCUT2D eigenvalue weighted by Gasteiger charge is 2.16. The zero-order chi connectivity index (χ0) is 13.8. The van der Waals surface area contributed by atoms with Crippen LogP contribution in [-0.2, 0) is 18.4 Å². The Morgan fingerprint density at radius 3 is 2.68 bits per heavy atom. The van der Waals surface area contributed by atoms with Gasteiger partial charge in [-0.25, -0.2) is 0 Å². The van der Waals surface area contributed by atoms with Crippen LogP contribution in [0.25, 0.3) is 5.76 Å². The van der Waals surface area contributed by atoms with Crippen LogP contribution in [0.5, 0.6) is 0 Å². The molecular weight excluding hydrogens is 244 g/mol. The number of aryl methyl sites for hydroxylation is 1. The molecule has 0 spiro atoms. The van der Waals surface area contributed by atoms with Gasteiger partial charge in [-0.3, -0.25) is 4.79 Å². The lowest BCUT2D eigenvalue weighted by Crippen LogP contribution is -2.34. The van der Waals surface area contributed by atoms with Crippen molar-refractivity contribution in [2.75, 3.05) is 0 Å². The van der Waals surface area contributed by atoms with E-state index in [1.165, 1.54) is 10.8 Å². The number of carbonyl (C=O) groups is 1. The third kappa shape index (κ3) is 3.04. The van der Waals surface area contributed by atoms with Gasteiger partial charge < -0.3 is 5.11 Å². The third-order valence-corrected chi connectivity index (χ3v) is 2.80. The number of aliphatic hydroxyl groups is 1. The summed E-state index contributed by atoms with van der Waals surface area (Å²) in [5, 5.41) is 17.5. The second-order valence-electron chi connectivity index (χ2n) is 4.17. The Labute approximate surface area is 110 Å². The zero-order valence-electron chi connectivity index (χ0n) is 10.8. The van der Waals surface area contributed by atoms with Crippen LogP contribution >= 0.6 is 0 Å². The molecule has 0 fully saturated rings. The molecule has 6 nitrogen and oxygen atoms in total. The topological polar surface area (TPSA) is 71.9 Å². The number of allylic oxidation sites excluding steroid dienone is 1. The molecule has 0 aliphatic rings. The van der Waals surface area contributed by atoms with Gasteiger partial charge in [-0.1, -0.05) is 35.0 Å². The molecule has 0 saturated heterocycles. The maximum Gasteiger partial charge on any atom is 0.254 e. The van der Waals surface area contributed by atoms with Crippen molar-refractivity contribution in [2.24, 2.45) is 7.05 Å². The van der Waals surface area contributed by atoms with Crippen LogP contribution in [0.4, 0.5) is 0 Å². The average molecular weight is 259 g/mol. The molecule has 0 aliphatic heterocycles. The van der Waals surface area contributed by atoms with Crippen LogP contribution in [0.1, 0.15) is 11.4 Å². The molecule has 0 amide bonds. The number of hydrogen-bond acceptors (Lipinski definition) is 4. The fraction of sp³-hybridized carbons (Fsp3) is 0.231. The summed E-state index contributed by atoms with van der Waals surface area (Å²) in [5.74, 6) is 0.476. The molecule has 0 saturated carbocycles. The highest BCUT2D eigenvalue weighted by atomic mass is 16.3. The average Bonchev–Trinajstić information content (AvgIpc) is 2.71. The van der Waals surface area contributed by atoms with E-state index in [4.69, 9.17) is 0 Å². The van der Waals surface area contributed by atoms with Crippen LogP contribution in [0, 0.1) is 6.92 Å². The fourth-order valence-corrected chi connectivity index (χ4v) is 1.59. The molecule has 0 unspecified atom stereocenters. The van der Waals surface area contributed by atoms with Crippen molar-refractivity contribution in [3.8, 4) is 0 Å². The molecule has 98 valence electrons. The second kappa shape index (κ2) is 5.43. The number of nitrogens with zero attached hydrogens (tertiary/aromatic N) is 4. The first kappa shape index (κ1) is 12.9. The molecule has 0 atom stereocenters. The Morgan fingerprint density at radius 1 is 1.42 bits per heavy atom. The molecule has 0 aliphatic carbocycles.